The van der Waals surface area contributed by atoms with Crippen LogP contribution in [0.4, 0.5) is 0 Å². The van der Waals surface area contributed by atoms with Gasteiger partial charge in [0.15, 0.2) is 0 Å². The average Bonchev–Trinajstić information content (AvgIpc) is 3.56. The summed E-state index contributed by atoms with van der Waals surface area (Å²) in [5.41, 5.74) is 0. The van der Waals surface area contributed by atoms with Gasteiger partial charge in [-0.15, -0.1) is 0 Å². The van der Waals surface area contributed by atoms with Crippen molar-refractivity contribution in [1.29, 1.82) is 0 Å². The maximum atomic E-state index is 13.0. The first-order chi connectivity index (χ1) is 41.0. The fourth-order valence-corrected chi connectivity index (χ4v) is 10.2. The summed E-state index contributed by atoms with van der Waals surface area (Å²) in [5, 5.41) is 14.0. The first-order valence-corrected chi connectivity index (χ1v) is 36.1. The van der Waals surface area contributed by atoms with Crippen LogP contribution in [-0.2, 0) is 18.4 Å². The number of allylic oxidation sites excluding steroid dienone is 21. The van der Waals surface area contributed by atoms with Gasteiger partial charge in [0, 0.05) is 6.42 Å². The highest BCUT2D eigenvalue weighted by atomic mass is 31.2. The molecule has 0 aliphatic rings. The van der Waals surface area contributed by atoms with E-state index in [4.69, 9.17) is 9.05 Å². The summed E-state index contributed by atoms with van der Waals surface area (Å²) >= 11 is 0. The number of carbonyl (C=O) groups excluding carboxylic acids is 1. The molecule has 0 saturated carbocycles. The van der Waals surface area contributed by atoms with E-state index in [0.29, 0.717) is 17.4 Å². The minimum Gasteiger partial charge on any atom is -0.387 e. The molecule has 0 saturated heterocycles. The minimum absolute atomic E-state index is 0.0430. The standard InChI is InChI=1S/C75H131N2O6P/c1-6-8-10-12-14-16-18-20-22-24-26-28-30-32-34-36-38-40-42-44-46-48-50-52-54-56-58-60-62-64-66-68-74(78)73(72-83-84(80,81)82-71-70-77(3,4)5)76-75(79)69-67-65-63-61-59-57-55-53-51-49-47-45-43-41-39-37-35-33-31-29-27-25-23-21-19-17-15-13-11-9-7-2/h9,11,15,17,21,23,27,29,33,35,39,41,45,47,50-53,58,60,66,68,73-74,78H,6-8,10,12-14,16,18-20,22,24-26,28,30-32,34,36-38,40,42-44,46,48-49,54-57,59,61-65,67,69-72H2,1-5H3,(H-,76,79,80,81)/p+1/b11-9-,17-15-,23-21-,29-27-,35-33-,41-39-,47-45-,52-50+,53-51-,60-58+,68-66+. The number of phosphoric acid groups is 1. The number of likely N-dealkylation sites (N-methyl/N-ethyl adjacent to an activating group) is 1. The molecule has 84 heavy (non-hydrogen) atoms. The first kappa shape index (κ1) is 80.6. The molecule has 0 aliphatic heterocycles. The number of aliphatic hydroxyl groups is 1. The van der Waals surface area contributed by atoms with Gasteiger partial charge >= 0.3 is 7.82 Å². The second-order valence-corrected chi connectivity index (χ2v) is 25.6. The minimum atomic E-state index is -4.38. The van der Waals surface area contributed by atoms with Crippen LogP contribution in [0.1, 0.15) is 284 Å². The van der Waals surface area contributed by atoms with E-state index in [1.807, 2.05) is 27.2 Å². The summed E-state index contributed by atoms with van der Waals surface area (Å²) in [6, 6.07) is -0.891. The van der Waals surface area contributed by atoms with Crippen LogP contribution in [0.2, 0.25) is 0 Å². The summed E-state index contributed by atoms with van der Waals surface area (Å²) in [6.07, 6.45) is 97.4. The lowest BCUT2D eigenvalue weighted by molar-refractivity contribution is -0.870. The first-order valence-electron chi connectivity index (χ1n) is 34.6. The summed E-state index contributed by atoms with van der Waals surface area (Å²) in [7, 11) is 1.52. The smallest absolute Gasteiger partial charge is 0.387 e. The Morgan fingerprint density at radius 2 is 0.726 bits per heavy atom. The Morgan fingerprint density at radius 3 is 1.10 bits per heavy atom. The van der Waals surface area contributed by atoms with E-state index in [0.717, 1.165) is 122 Å². The van der Waals surface area contributed by atoms with E-state index in [-0.39, 0.29) is 19.1 Å². The van der Waals surface area contributed by atoms with E-state index in [9.17, 15) is 19.4 Å². The van der Waals surface area contributed by atoms with Gasteiger partial charge < -0.3 is 19.8 Å². The Bertz CT molecular complexity index is 1830. The van der Waals surface area contributed by atoms with Crippen LogP contribution in [0, 0.1) is 0 Å². The molecule has 0 aliphatic carbocycles. The Kier molecular flexibility index (Phi) is 61.6. The van der Waals surface area contributed by atoms with Gasteiger partial charge in [-0.1, -0.05) is 302 Å². The molecule has 8 nitrogen and oxygen atoms in total. The second kappa shape index (κ2) is 64.1. The number of aliphatic hydroxyl groups excluding tert-OH is 1. The van der Waals surface area contributed by atoms with E-state index in [1.54, 1.807) is 6.08 Å². The number of nitrogens with zero attached hydrogens (tertiary/aromatic N) is 1. The number of hydrogen-bond donors (Lipinski definition) is 3. The zero-order valence-corrected chi connectivity index (χ0v) is 56.0. The molecule has 1 amide bonds. The highest BCUT2D eigenvalue weighted by Gasteiger charge is 2.28. The molecule has 0 rings (SSSR count). The number of rotatable bonds is 62. The van der Waals surface area contributed by atoms with Crippen molar-refractivity contribution in [3.05, 3.63) is 134 Å². The van der Waals surface area contributed by atoms with E-state index < -0.39 is 20.0 Å². The van der Waals surface area contributed by atoms with Crippen LogP contribution in [-0.4, -0.2) is 73.4 Å². The van der Waals surface area contributed by atoms with Gasteiger partial charge in [0.1, 0.15) is 13.2 Å². The number of hydrogen-bond acceptors (Lipinski definition) is 5. The molecule has 0 bridgehead atoms. The fraction of sp³-hybridized carbons (Fsp3) is 0.693. The van der Waals surface area contributed by atoms with Crippen LogP contribution in [0.3, 0.4) is 0 Å². The van der Waals surface area contributed by atoms with Crippen molar-refractivity contribution < 1.29 is 32.9 Å². The summed E-state index contributed by atoms with van der Waals surface area (Å²) < 4.78 is 23.8. The molecule has 0 aromatic carbocycles. The zero-order chi connectivity index (χ0) is 61.2. The average molecular weight is 1190 g/mol. The molecule has 0 heterocycles. The Labute approximate surface area is 519 Å². The molecule has 0 radical (unpaired) electrons. The molecule has 3 unspecified atom stereocenters. The van der Waals surface area contributed by atoms with Crippen molar-refractivity contribution in [1.82, 2.24) is 5.32 Å². The molecule has 0 fully saturated rings. The summed E-state index contributed by atoms with van der Waals surface area (Å²) in [5.74, 6) is -0.209. The van der Waals surface area contributed by atoms with E-state index in [2.05, 4.69) is 141 Å². The van der Waals surface area contributed by atoms with Crippen molar-refractivity contribution >= 4 is 13.7 Å². The molecule has 0 aromatic heterocycles. The number of quaternary nitrogens is 1. The molecule has 3 N–H and O–H groups in total. The Morgan fingerprint density at radius 1 is 0.417 bits per heavy atom. The predicted molar refractivity (Wildman–Crippen MR) is 368 cm³/mol. The highest BCUT2D eigenvalue weighted by Crippen LogP contribution is 2.43. The van der Waals surface area contributed by atoms with Crippen molar-refractivity contribution in [3.8, 4) is 0 Å². The van der Waals surface area contributed by atoms with Crippen molar-refractivity contribution in [2.75, 3.05) is 40.9 Å². The largest absolute Gasteiger partial charge is 0.472 e. The van der Waals surface area contributed by atoms with Crippen molar-refractivity contribution in [2.24, 2.45) is 0 Å². The fourth-order valence-electron chi connectivity index (χ4n) is 9.50. The van der Waals surface area contributed by atoms with Gasteiger partial charge in [-0.25, -0.2) is 4.57 Å². The lowest BCUT2D eigenvalue weighted by atomic mass is 10.0. The number of nitrogens with one attached hydrogen (secondary N) is 1. The van der Waals surface area contributed by atoms with E-state index in [1.165, 1.54) is 141 Å². The maximum absolute atomic E-state index is 13.0. The monoisotopic (exact) mass is 1190 g/mol. The van der Waals surface area contributed by atoms with Crippen LogP contribution in [0.5, 0.6) is 0 Å². The van der Waals surface area contributed by atoms with Crippen LogP contribution >= 0.6 is 7.82 Å². The predicted octanol–water partition coefficient (Wildman–Crippen LogP) is 22.2. The van der Waals surface area contributed by atoms with Crippen molar-refractivity contribution in [2.45, 2.75) is 296 Å². The summed E-state index contributed by atoms with van der Waals surface area (Å²) in [6.45, 7) is 4.67. The molecule has 9 heteroatoms. The molecular formula is C75H132N2O6P+. The quantitative estimate of drug-likeness (QED) is 0.0243. The lowest BCUT2D eigenvalue weighted by Gasteiger charge is -2.25. The zero-order valence-electron chi connectivity index (χ0n) is 55.1. The summed E-state index contributed by atoms with van der Waals surface area (Å²) in [4.78, 5) is 23.4. The number of phosphoric ester groups is 1. The molecular weight excluding hydrogens is 1060 g/mol. The third-order valence-corrected chi connectivity index (χ3v) is 15.8. The Hall–Kier alpha value is -3.36. The second-order valence-electron chi connectivity index (χ2n) is 24.2. The molecule has 0 aromatic rings. The van der Waals surface area contributed by atoms with Gasteiger partial charge in [-0.3, -0.25) is 13.8 Å². The van der Waals surface area contributed by atoms with E-state index >= 15 is 0 Å². The van der Waals surface area contributed by atoms with Crippen LogP contribution in [0.25, 0.3) is 0 Å². The maximum Gasteiger partial charge on any atom is 0.472 e. The number of unbranched alkanes of at least 4 members (excludes halogenated alkanes) is 29. The van der Waals surface area contributed by atoms with Gasteiger partial charge in [-0.05, 0) is 109 Å². The van der Waals surface area contributed by atoms with Gasteiger partial charge in [-0.2, -0.15) is 0 Å². The van der Waals surface area contributed by atoms with Gasteiger partial charge in [0.25, 0.3) is 0 Å². The SMILES string of the molecule is CC/C=C\C/C=C\C/C=C\C/C=C\C/C=C\C/C=C\C/C=C\C/C=C\CCCCCCCCC(=O)NC(COP(=O)(O)OCC[N+](C)(C)C)C(O)/C=C/CC/C=C/CC/C=C/CCCCCCCCCCCCCCCCCCCCCCC. The van der Waals surface area contributed by atoms with Crippen LogP contribution < -0.4 is 5.32 Å². The molecule has 482 valence electrons. The highest BCUT2D eigenvalue weighted by molar-refractivity contribution is 7.47. The van der Waals surface area contributed by atoms with Crippen LogP contribution in [0.15, 0.2) is 134 Å². The lowest BCUT2D eigenvalue weighted by Crippen LogP contribution is -2.45. The number of carbonyl (C=O) groups is 1. The number of amides is 1. The Balaban J connectivity index is 4.24. The third-order valence-electron chi connectivity index (χ3n) is 14.8. The van der Waals surface area contributed by atoms with Gasteiger partial charge in [0.2, 0.25) is 5.91 Å². The third kappa shape index (κ3) is 66.2. The topological polar surface area (TPSA) is 105 Å². The van der Waals surface area contributed by atoms with Gasteiger partial charge in [0.05, 0.1) is 39.9 Å². The molecule has 3 atom stereocenters. The van der Waals surface area contributed by atoms with Crippen molar-refractivity contribution in [3.63, 3.8) is 0 Å². The normalized spacial score (nSPS) is 14.5. The molecule has 0 spiro atoms.